The molecule has 2 rings (SSSR count). The Morgan fingerprint density at radius 3 is 2.20 bits per heavy atom. The maximum atomic E-state index is 13.1. The Kier molecular flexibility index (Phi) is 9.53. The molecule has 2 aromatic carbocycles. The predicted molar refractivity (Wildman–Crippen MR) is 127 cm³/mol. The number of halogens is 2. The van der Waals surface area contributed by atoms with Gasteiger partial charge in [0.25, 0.3) is 0 Å². The molecule has 0 saturated heterocycles. The van der Waals surface area contributed by atoms with Crippen molar-refractivity contribution >= 4 is 46.8 Å². The Morgan fingerprint density at radius 1 is 1.03 bits per heavy atom. The first-order valence-corrected chi connectivity index (χ1v) is 11.8. The van der Waals surface area contributed by atoms with Gasteiger partial charge in [-0.2, -0.15) is 0 Å². The van der Waals surface area contributed by atoms with Crippen LogP contribution >= 0.6 is 35.0 Å². The van der Waals surface area contributed by atoms with Crippen LogP contribution in [0.4, 0.5) is 0 Å². The predicted octanol–water partition coefficient (Wildman–Crippen LogP) is 5.48. The highest BCUT2D eigenvalue weighted by Crippen LogP contribution is 2.27. The van der Waals surface area contributed by atoms with Gasteiger partial charge in [-0.1, -0.05) is 59.1 Å². The molecule has 0 aliphatic heterocycles. The van der Waals surface area contributed by atoms with Crippen molar-refractivity contribution in [3.63, 3.8) is 0 Å². The van der Waals surface area contributed by atoms with E-state index in [0.717, 1.165) is 11.3 Å². The van der Waals surface area contributed by atoms with Gasteiger partial charge < -0.3 is 10.2 Å². The van der Waals surface area contributed by atoms with Crippen LogP contribution in [0.1, 0.15) is 37.5 Å². The van der Waals surface area contributed by atoms with Crippen molar-refractivity contribution in [1.29, 1.82) is 0 Å². The van der Waals surface area contributed by atoms with Crippen LogP contribution in [0.2, 0.25) is 10.0 Å². The Balaban J connectivity index is 2.13. The SMILES string of the molecule is Cc1ccc(CSCC(=O)N(Cc2c(Cl)cccc2Cl)[C@H](C)C(=O)NC(C)C)cc1. The van der Waals surface area contributed by atoms with Crippen molar-refractivity contribution in [3.8, 4) is 0 Å². The number of thioether (sulfide) groups is 1. The summed E-state index contributed by atoms with van der Waals surface area (Å²) in [7, 11) is 0. The third-order valence-corrected chi connectivity index (χ3v) is 6.30. The fraction of sp³-hybridized carbons (Fsp3) is 0.391. The summed E-state index contributed by atoms with van der Waals surface area (Å²) in [6, 6.07) is 12.8. The van der Waals surface area contributed by atoms with Gasteiger partial charge in [0.05, 0.1) is 5.75 Å². The molecule has 0 fully saturated rings. The summed E-state index contributed by atoms with van der Waals surface area (Å²) in [5.41, 5.74) is 3.00. The lowest BCUT2D eigenvalue weighted by molar-refractivity contribution is -0.138. The molecule has 0 radical (unpaired) electrons. The molecule has 30 heavy (non-hydrogen) atoms. The summed E-state index contributed by atoms with van der Waals surface area (Å²) in [5.74, 6) is 0.647. The minimum Gasteiger partial charge on any atom is -0.352 e. The van der Waals surface area contributed by atoms with Crippen LogP contribution in [0.3, 0.4) is 0 Å². The van der Waals surface area contributed by atoms with Crippen LogP contribution in [-0.2, 0) is 21.9 Å². The van der Waals surface area contributed by atoms with E-state index < -0.39 is 6.04 Å². The molecule has 0 spiro atoms. The topological polar surface area (TPSA) is 49.4 Å². The number of rotatable bonds is 9. The van der Waals surface area contributed by atoms with E-state index in [0.29, 0.717) is 15.6 Å². The summed E-state index contributed by atoms with van der Waals surface area (Å²) in [4.78, 5) is 27.2. The van der Waals surface area contributed by atoms with Crippen molar-refractivity contribution in [1.82, 2.24) is 10.2 Å². The minimum atomic E-state index is -0.646. The zero-order chi connectivity index (χ0) is 22.3. The molecular weight excluding hydrogens is 439 g/mol. The summed E-state index contributed by atoms with van der Waals surface area (Å²) >= 11 is 14.2. The molecule has 7 heteroatoms. The smallest absolute Gasteiger partial charge is 0.242 e. The van der Waals surface area contributed by atoms with Crippen LogP contribution in [0.15, 0.2) is 42.5 Å². The molecule has 0 aliphatic rings. The fourth-order valence-corrected chi connectivity index (χ4v) is 4.25. The first-order chi connectivity index (χ1) is 14.2. The highest BCUT2D eigenvalue weighted by atomic mass is 35.5. The number of nitrogens with one attached hydrogen (secondary N) is 1. The van der Waals surface area contributed by atoms with Gasteiger partial charge in [-0.25, -0.2) is 0 Å². The average molecular weight is 467 g/mol. The lowest BCUT2D eigenvalue weighted by atomic mass is 10.1. The van der Waals surface area contributed by atoms with Gasteiger partial charge in [-0.15, -0.1) is 11.8 Å². The molecule has 0 aliphatic carbocycles. The number of nitrogens with zero attached hydrogens (tertiary/aromatic N) is 1. The van der Waals surface area contributed by atoms with Crippen LogP contribution < -0.4 is 5.32 Å². The van der Waals surface area contributed by atoms with Crippen molar-refractivity contribution in [2.45, 2.75) is 52.1 Å². The van der Waals surface area contributed by atoms with Gasteiger partial charge in [0.1, 0.15) is 6.04 Å². The number of hydrogen-bond acceptors (Lipinski definition) is 3. The van der Waals surface area contributed by atoms with Gasteiger partial charge in [0.2, 0.25) is 11.8 Å². The second-order valence-corrected chi connectivity index (χ2v) is 9.34. The van der Waals surface area contributed by atoms with Crippen LogP contribution in [0, 0.1) is 6.92 Å². The highest BCUT2D eigenvalue weighted by Gasteiger charge is 2.27. The minimum absolute atomic E-state index is 0.0169. The molecule has 0 saturated carbocycles. The average Bonchev–Trinajstić information content (AvgIpc) is 2.68. The van der Waals surface area contributed by atoms with Crippen molar-refractivity contribution in [2.24, 2.45) is 0 Å². The van der Waals surface area contributed by atoms with Gasteiger partial charge >= 0.3 is 0 Å². The van der Waals surface area contributed by atoms with E-state index in [4.69, 9.17) is 23.2 Å². The summed E-state index contributed by atoms with van der Waals surface area (Å²) < 4.78 is 0. The van der Waals surface area contributed by atoms with E-state index in [1.165, 1.54) is 17.3 Å². The molecule has 0 unspecified atom stereocenters. The van der Waals surface area contributed by atoms with Crippen molar-refractivity contribution in [2.75, 3.05) is 5.75 Å². The number of benzene rings is 2. The third kappa shape index (κ3) is 7.22. The third-order valence-electron chi connectivity index (χ3n) is 4.60. The van der Waals surface area contributed by atoms with E-state index >= 15 is 0 Å². The monoisotopic (exact) mass is 466 g/mol. The maximum Gasteiger partial charge on any atom is 0.242 e. The zero-order valence-electron chi connectivity index (χ0n) is 17.7. The van der Waals surface area contributed by atoms with E-state index in [1.807, 2.05) is 20.8 Å². The Hall–Kier alpha value is -1.69. The van der Waals surface area contributed by atoms with Crippen molar-refractivity contribution in [3.05, 3.63) is 69.2 Å². The summed E-state index contributed by atoms with van der Waals surface area (Å²) in [6.07, 6.45) is 0. The van der Waals surface area contributed by atoms with Gasteiger partial charge in [0, 0.05) is 33.9 Å². The Bertz CT molecular complexity index is 852. The molecule has 0 bridgehead atoms. The van der Waals surface area contributed by atoms with Crippen LogP contribution in [0.5, 0.6) is 0 Å². The second kappa shape index (κ2) is 11.6. The first-order valence-electron chi connectivity index (χ1n) is 9.85. The Morgan fingerprint density at radius 2 is 1.63 bits per heavy atom. The van der Waals surface area contributed by atoms with Gasteiger partial charge in [-0.05, 0) is 45.4 Å². The summed E-state index contributed by atoms with van der Waals surface area (Å²) in [6.45, 7) is 7.72. The van der Waals surface area contributed by atoms with E-state index in [9.17, 15) is 9.59 Å². The van der Waals surface area contributed by atoms with E-state index in [1.54, 1.807) is 30.0 Å². The zero-order valence-corrected chi connectivity index (χ0v) is 20.1. The number of carbonyl (C=O) groups is 2. The lowest BCUT2D eigenvalue weighted by Gasteiger charge is -2.30. The second-order valence-electron chi connectivity index (χ2n) is 7.54. The summed E-state index contributed by atoms with van der Waals surface area (Å²) in [5, 5.41) is 3.83. The fourth-order valence-electron chi connectivity index (χ4n) is 2.86. The number of carbonyl (C=O) groups excluding carboxylic acids is 2. The molecule has 0 aromatic heterocycles. The molecule has 162 valence electrons. The molecule has 1 N–H and O–H groups in total. The molecule has 4 nitrogen and oxygen atoms in total. The largest absolute Gasteiger partial charge is 0.352 e. The van der Waals surface area contributed by atoms with E-state index in [2.05, 4.69) is 29.6 Å². The molecule has 2 aromatic rings. The van der Waals surface area contributed by atoms with Gasteiger partial charge in [0.15, 0.2) is 0 Å². The first kappa shape index (κ1) is 24.6. The van der Waals surface area contributed by atoms with Crippen LogP contribution in [0.25, 0.3) is 0 Å². The molecule has 2 amide bonds. The molecular formula is C23H28Cl2N2O2S. The van der Waals surface area contributed by atoms with Gasteiger partial charge in [-0.3, -0.25) is 9.59 Å². The van der Waals surface area contributed by atoms with Crippen LogP contribution in [-0.4, -0.2) is 34.6 Å². The molecule has 1 atom stereocenters. The maximum absolute atomic E-state index is 13.1. The standard InChI is InChI=1S/C23H28Cl2N2O2S/c1-15(2)26-23(29)17(4)27(12-19-20(24)6-5-7-21(19)25)22(28)14-30-13-18-10-8-16(3)9-11-18/h5-11,15,17H,12-14H2,1-4H3,(H,26,29)/t17-/m1/s1. The number of aryl methyl sites for hydroxylation is 1. The number of hydrogen-bond donors (Lipinski definition) is 1. The highest BCUT2D eigenvalue weighted by molar-refractivity contribution is 7.99. The van der Waals surface area contributed by atoms with Crippen molar-refractivity contribution < 1.29 is 9.59 Å². The normalized spacial score (nSPS) is 12.0. The number of amides is 2. The quantitative estimate of drug-likeness (QED) is 0.532. The lowest BCUT2D eigenvalue weighted by Crippen LogP contribution is -2.49. The Labute approximate surface area is 193 Å². The van der Waals surface area contributed by atoms with E-state index in [-0.39, 0.29) is 30.2 Å². The molecule has 0 heterocycles.